The van der Waals surface area contributed by atoms with Crippen LogP contribution in [0.1, 0.15) is 27.5 Å². The number of rotatable bonds is 3. The Balaban J connectivity index is 1.60. The molecule has 3 aromatic rings. The van der Waals surface area contributed by atoms with Gasteiger partial charge in [0.2, 0.25) is 5.91 Å². The number of halogens is 2. The molecular formula is C25H19BrFN3O3. The average molecular weight is 508 g/mol. The largest absolute Gasteiger partial charge is 0.274 e. The van der Waals surface area contributed by atoms with Crippen molar-refractivity contribution in [2.24, 2.45) is 5.92 Å². The van der Waals surface area contributed by atoms with Crippen LogP contribution < -0.4 is 10.3 Å². The second-order valence-electron chi connectivity index (χ2n) is 8.13. The molecule has 3 atom stereocenters. The number of imide groups is 1. The van der Waals surface area contributed by atoms with Crippen molar-refractivity contribution < 1.29 is 18.8 Å². The van der Waals surface area contributed by atoms with Crippen molar-refractivity contribution in [1.29, 1.82) is 0 Å². The van der Waals surface area contributed by atoms with E-state index in [1.165, 1.54) is 11.1 Å². The van der Waals surface area contributed by atoms with Crippen molar-refractivity contribution >= 4 is 39.3 Å². The fraction of sp³-hybridized carbons (Fsp3) is 0.160. The summed E-state index contributed by atoms with van der Waals surface area (Å²) in [4.78, 5) is 41.6. The second-order valence-corrected chi connectivity index (χ2v) is 9.05. The molecule has 0 saturated carbocycles. The third-order valence-corrected chi connectivity index (χ3v) is 6.55. The standard InChI is InChI=1S/C25H19BrFN3O3/c1-14-9-11-17(12-10-14)29-24(32)20-21(18-7-2-3-8-19(18)27)28-30(22(20)25(29)33)23(31)15-5-4-6-16(26)13-15/h2-13,20-22,28H,1H3/t20-,21-,22-/m1/s1. The monoisotopic (exact) mass is 507 g/mol. The number of carbonyl (C=O) groups excluding carboxylic acids is 3. The highest BCUT2D eigenvalue weighted by Crippen LogP contribution is 2.42. The number of aryl methyl sites for hydroxylation is 1. The highest BCUT2D eigenvalue weighted by Gasteiger charge is 2.60. The summed E-state index contributed by atoms with van der Waals surface area (Å²) in [5.41, 5.74) is 4.93. The number of benzene rings is 3. The second kappa shape index (κ2) is 8.20. The maximum Gasteiger partial charge on any atom is 0.268 e. The molecular weight excluding hydrogens is 489 g/mol. The van der Waals surface area contributed by atoms with Crippen LogP contribution >= 0.6 is 15.9 Å². The Morgan fingerprint density at radius 3 is 2.39 bits per heavy atom. The summed E-state index contributed by atoms with van der Waals surface area (Å²) in [5.74, 6) is -2.95. The Morgan fingerprint density at radius 2 is 1.70 bits per heavy atom. The van der Waals surface area contributed by atoms with Crippen LogP contribution in [0.25, 0.3) is 0 Å². The van der Waals surface area contributed by atoms with Crippen LogP contribution in [0.3, 0.4) is 0 Å². The molecule has 5 rings (SSSR count). The lowest BCUT2D eigenvalue weighted by molar-refractivity contribution is -0.123. The Morgan fingerprint density at radius 1 is 0.970 bits per heavy atom. The Hall–Kier alpha value is -3.36. The van der Waals surface area contributed by atoms with Gasteiger partial charge < -0.3 is 0 Å². The van der Waals surface area contributed by atoms with E-state index in [9.17, 15) is 18.8 Å². The minimum Gasteiger partial charge on any atom is -0.274 e. The molecule has 2 fully saturated rings. The van der Waals surface area contributed by atoms with Crippen molar-refractivity contribution in [1.82, 2.24) is 10.4 Å². The van der Waals surface area contributed by atoms with E-state index in [1.54, 1.807) is 66.7 Å². The average Bonchev–Trinajstić information content (AvgIpc) is 3.31. The fourth-order valence-electron chi connectivity index (χ4n) is 4.47. The molecule has 0 bridgehead atoms. The fourth-order valence-corrected chi connectivity index (χ4v) is 4.87. The van der Waals surface area contributed by atoms with Gasteiger partial charge in [0, 0.05) is 15.6 Å². The number of anilines is 1. The van der Waals surface area contributed by atoms with Gasteiger partial charge in [-0.15, -0.1) is 0 Å². The van der Waals surface area contributed by atoms with Crippen LogP contribution in [0.5, 0.6) is 0 Å². The van der Waals surface area contributed by atoms with E-state index in [0.29, 0.717) is 15.7 Å². The molecule has 2 aliphatic rings. The van der Waals surface area contributed by atoms with E-state index in [-0.39, 0.29) is 5.56 Å². The van der Waals surface area contributed by atoms with Gasteiger partial charge in [0.15, 0.2) is 0 Å². The van der Waals surface area contributed by atoms with Gasteiger partial charge in [0.25, 0.3) is 11.8 Å². The smallest absolute Gasteiger partial charge is 0.268 e. The Labute approximate surface area is 198 Å². The molecule has 2 heterocycles. The molecule has 0 aromatic heterocycles. The molecule has 0 aliphatic carbocycles. The Bertz CT molecular complexity index is 1280. The van der Waals surface area contributed by atoms with Crippen LogP contribution in [0.2, 0.25) is 0 Å². The van der Waals surface area contributed by atoms with E-state index in [0.717, 1.165) is 10.5 Å². The van der Waals surface area contributed by atoms with Gasteiger partial charge in [-0.05, 0) is 43.3 Å². The lowest BCUT2D eigenvalue weighted by Crippen LogP contribution is -2.48. The highest BCUT2D eigenvalue weighted by molar-refractivity contribution is 9.10. The lowest BCUT2D eigenvalue weighted by atomic mass is 9.90. The number of nitrogens with zero attached hydrogens (tertiary/aromatic N) is 2. The van der Waals surface area contributed by atoms with Crippen molar-refractivity contribution in [2.75, 3.05) is 4.90 Å². The summed E-state index contributed by atoms with van der Waals surface area (Å²) < 4.78 is 15.4. The SMILES string of the molecule is Cc1ccc(N2C(=O)[C@@H]3[C@@H](c4ccccc4F)NN(C(=O)c4cccc(Br)c4)[C@H]3C2=O)cc1. The van der Waals surface area contributed by atoms with E-state index < -0.39 is 41.5 Å². The summed E-state index contributed by atoms with van der Waals surface area (Å²) in [6, 6.07) is 17.8. The minimum absolute atomic E-state index is 0.226. The van der Waals surface area contributed by atoms with Crippen LogP contribution in [-0.2, 0) is 9.59 Å². The summed E-state index contributed by atoms with van der Waals surface area (Å²) in [7, 11) is 0. The molecule has 6 nitrogen and oxygen atoms in total. The van der Waals surface area contributed by atoms with Crippen LogP contribution in [0, 0.1) is 18.7 Å². The number of fused-ring (bicyclic) bond motifs is 1. The van der Waals surface area contributed by atoms with Gasteiger partial charge in [-0.25, -0.2) is 14.7 Å². The van der Waals surface area contributed by atoms with Crippen LogP contribution in [0.15, 0.2) is 77.3 Å². The van der Waals surface area contributed by atoms with Crippen LogP contribution in [-0.4, -0.2) is 28.8 Å². The van der Waals surface area contributed by atoms with Crippen molar-refractivity contribution in [2.45, 2.75) is 19.0 Å². The van der Waals surface area contributed by atoms with Gasteiger partial charge in [0.1, 0.15) is 11.9 Å². The third-order valence-electron chi connectivity index (χ3n) is 6.06. The third kappa shape index (κ3) is 3.55. The summed E-state index contributed by atoms with van der Waals surface area (Å²) in [6.07, 6.45) is 0. The number of nitrogens with one attached hydrogen (secondary N) is 1. The molecule has 0 radical (unpaired) electrons. The van der Waals surface area contributed by atoms with Gasteiger partial charge in [0.05, 0.1) is 17.6 Å². The Kier molecular flexibility index (Phi) is 5.34. The van der Waals surface area contributed by atoms with E-state index in [2.05, 4.69) is 21.4 Å². The predicted molar refractivity (Wildman–Crippen MR) is 124 cm³/mol. The zero-order chi connectivity index (χ0) is 23.3. The van der Waals surface area contributed by atoms with Crippen molar-refractivity contribution in [3.8, 4) is 0 Å². The first-order chi connectivity index (χ1) is 15.9. The molecule has 3 aromatic carbocycles. The maximum absolute atomic E-state index is 14.7. The quantitative estimate of drug-likeness (QED) is 0.540. The molecule has 33 heavy (non-hydrogen) atoms. The van der Waals surface area contributed by atoms with Gasteiger partial charge in [-0.2, -0.15) is 0 Å². The molecule has 8 heteroatoms. The summed E-state index contributed by atoms with van der Waals surface area (Å²) in [6.45, 7) is 1.91. The van der Waals surface area contributed by atoms with E-state index in [4.69, 9.17) is 0 Å². The summed E-state index contributed by atoms with van der Waals surface area (Å²) >= 11 is 3.35. The number of hydrogen-bond donors (Lipinski definition) is 1. The molecule has 0 spiro atoms. The minimum atomic E-state index is -1.10. The lowest BCUT2D eigenvalue weighted by Gasteiger charge is -2.25. The van der Waals surface area contributed by atoms with E-state index in [1.807, 2.05) is 6.92 Å². The first kappa shape index (κ1) is 21.5. The number of hydrazine groups is 1. The highest BCUT2D eigenvalue weighted by atomic mass is 79.9. The predicted octanol–water partition coefficient (Wildman–Crippen LogP) is 4.16. The molecule has 1 N–H and O–H groups in total. The topological polar surface area (TPSA) is 69.7 Å². The van der Waals surface area contributed by atoms with Crippen molar-refractivity contribution in [3.63, 3.8) is 0 Å². The number of hydrogen-bond acceptors (Lipinski definition) is 4. The molecule has 2 saturated heterocycles. The molecule has 2 aliphatic heterocycles. The normalized spacial score (nSPS) is 22.1. The maximum atomic E-state index is 14.7. The van der Waals surface area contributed by atoms with Gasteiger partial charge >= 0.3 is 0 Å². The molecule has 3 amide bonds. The van der Waals surface area contributed by atoms with Crippen LogP contribution in [0.4, 0.5) is 10.1 Å². The number of carbonyl (C=O) groups is 3. The number of amides is 3. The zero-order valence-electron chi connectivity index (χ0n) is 17.5. The first-order valence-corrected chi connectivity index (χ1v) is 11.2. The van der Waals surface area contributed by atoms with Gasteiger partial charge in [-0.1, -0.05) is 57.9 Å². The molecule has 166 valence electrons. The first-order valence-electron chi connectivity index (χ1n) is 10.4. The van der Waals surface area contributed by atoms with E-state index >= 15 is 0 Å². The summed E-state index contributed by atoms with van der Waals surface area (Å²) in [5, 5.41) is 1.18. The zero-order valence-corrected chi connectivity index (χ0v) is 19.1. The van der Waals surface area contributed by atoms with Crippen molar-refractivity contribution in [3.05, 3.63) is 99.8 Å². The van der Waals surface area contributed by atoms with Gasteiger partial charge in [-0.3, -0.25) is 19.4 Å². The molecule has 0 unspecified atom stereocenters.